The number of hydrogen-bond acceptors (Lipinski definition) is 4. The summed E-state index contributed by atoms with van der Waals surface area (Å²) >= 11 is 0. The topological polar surface area (TPSA) is 41.3 Å². The average molecular weight is 251 g/mol. The maximum absolute atomic E-state index is 5.53. The number of rotatable bonds is 6. The van der Waals surface area contributed by atoms with Crippen LogP contribution >= 0.6 is 0 Å². The fourth-order valence-electron chi connectivity index (χ4n) is 1.51. The maximum atomic E-state index is 5.53. The minimum absolute atomic E-state index is 0.0813. The highest BCUT2D eigenvalue weighted by atomic mass is 16.4. The van der Waals surface area contributed by atoms with Crippen molar-refractivity contribution < 1.29 is 4.42 Å². The SMILES string of the molecule is C=CCN(c1nc(CNC(C)(C)C)co1)C(C)C. The third-order valence-electron chi connectivity index (χ3n) is 2.53. The van der Waals surface area contributed by atoms with Crippen molar-refractivity contribution in [3.63, 3.8) is 0 Å². The summed E-state index contributed by atoms with van der Waals surface area (Å²) in [6.07, 6.45) is 3.57. The second-order valence-corrected chi connectivity index (χ2v) is 5.76. The second kappa shape index (κ2) is 6.05. The van der Waals surface area contributed by atoms with Crippen LogP contribution < -0.4 is 10.2 Å². The van der Waals surface area contributed by atoms with E-state index in [1.807, 2.05) is 6.08 Å². The van der Waals surface area contributed by atoms with Crippen molar-refractivity contribution >= 4 is 6.01 Å². The maximum Gasteiger partial charge on any atom is 0.297 e. The Morgan fingerprint density at radius 2 is 2.17 bits per heavy atom. The molecule has 0 saturated carbocycles. The van der Waals surface area contributed by atoms with Crippen molar-refractivity contribution in [3.8, 4) is 0 Å². The van der Waals surface area contributed by atoms with E-state index in [9.17, 15) is 0 Å². The molecule has 1 N–H and O–H groups in total. The van der Waals surface area contributed by atoms with Crippen LogP contribution in [0.5, 0.6) is 0 Å². The Bertz CT molecular complexity index is 377. The third kappa shape index (κ3) is 4.53. The van der Waals surface area contributed by atoms with Gasteiger partial charge < -0.3 is 14.6 Å². The predicted octanol–water partition coefficient (Wildman–Crippen LogP) is 2.96. The fourth-order valence-corrected chi connectivity index (χ4v) is 1.51. The van der Waals surface area contributed by atoms with Crippen molar-refractivity contribution in [2.75, 3.05) is 11.4 Å². The van der Waals surface area contributed by atoms with Crippen molar-refractivity contribution in [1.29, 1.82) is 0 Å². The molecule has 0 saturated heterocycles. The number of hydrogen-bond donors (Lipinski definition) is 1. The summed E-state index contributed by atoms with van der Waals surface area (Å²) in [5, 5.41) is 3.39. The number of nitrogens with one attached hydrogen (secondary N) is 1. The van der Waals surface area contributed by atoms with Crippen LogP contribution in [0.15, 0.2) is 23.3 Å². The van der Waals surface area contributed by atoms with Crippen LogP contribution in [0.2, 0.25) is 0 Å². The molecular formula is C14H25N3O. The molecule has 0 bridgehead atoms. The zero-order chi connectivity index (χ0) is 13.8. The van der Waals surface area contributed by atoms with Crippen LogP contribution in [-0.4, -0.2) is 23.1 Å². The van der Waals surface area contributed by atoms with Crippen LogP contribution in [0.3, 0.4) is 0 Å². The molecule has 0 aliphatic carbocycles. The van der Waals surface area contributed by atoms with Crippen molar-refractivity contribution in [1.82, 2.24) is 10.3 Å². The van der Waals surface area contributed by atoms with Gasteiger partial charge in [-0.25, -0.2) is 0 Å². The Balaban J connectivity index is 2.69. The molecule has 1 aromatic rings. The molecule has 18 heavy (non-hydrogen) atoms. The number of anilines is 1. The summed E-state index contributed by atoms with van der Waals surface area (Å²) in [5.41, 5.74) is 1.01. The molecule has 0 aliphatic heterocycles. The molecule has 0 radical (unpaired) electrons. The summed E-state index contributed by atoms with van der Waals surface area (Å²) in [5.74, 6) is 0. The molecule has 102 valence electrons. The lowest BCUT2D eigenvalue weighted by molar-refractivity contribution is 0.421. The molecule has 0 aliphatic rings. The molecular weight excluding hydrogens is 226 g/mol. The van der Waals surface area contributed by atoms with E-state index in [-0.39, 0.29) is 5.54 Å². The van der Waals surface area contributed by atoms with Gasteiger partial charge in [-0.1, -0.05) is 6.08 Å². The molecule has 0 fully saturated rings. The van der Waals surface area contributed by atoms with Gasteiger partial charge in [-0.2, -0.15) is 4.98 Å². The van der Waals surface area contributed by atoms with E-state index < -0.39 is 0 Å². The van der Waals surface area contributed by atoms with Gasteiger partial charge in [0, 0.05) is 24.7 Å². The minimum Gasteiger partial charge on any atom is -0.432 e. The van der Waals surface area contributed by atoms with Crippen molar-refractivity contribution in [2.45, 2.75) is 52.7 Å². The Labute approximate surface area is 110 Å². The summed E-state index contributed by atoms with van der Waals surface area (Å²) in [7, 11) is 0. The molecule has 1 rings (SSSR count). The molecule has 1 heterocycles. The van der Waals surface area contributed by atoms with Crippen LogP contribution in [-0.2, 0) is 6.54 Å². The lowest BCUT2D eigenvalue weighted by atomic mass is 10.1. The zero-order valence-electron chi connectivity index (χ0n) is 12.2. The van der Waals surface area contributed by atoms with E-state index in [0.29, 0.717) is 18.6 Å². The van der Waals surface area contributed by atoms with Gasteiger partial charge in [0.25, 0.3) is 6.01 Å². The van der Waals surface area contributed by atoms with E-state index in [0.717, 1.165) is 12.2 Å². The first-order valence-electron chi connectivity index (χ1n) is 6.40. The Morgan fingerprint density at radius 3 is 2.67 bits per heavy atom. The zero-order valence-corrected chi connectivity index (χ0v) is 12.2. The highest BCUT2D eigenvalue weighted by Crippen LogP contribution is 2.16. The first-order chi connectivity index (χ1) is 8.33. The van der Waals surface area contributed by atoms with E-state index >= 15 is 0 Å². The standard InChI is InChI=1S/C14H25N3O/c1-7-8-17(11(2)3)13-16-12(10-18-13)9-15-14(4,5)6/h7,10-11,15H,1,8-9H2,2-6H3. The van der Waals surface area contributed by atoms with E-state index in [1.165, 1.54) is 0 Å². The highest BCUT2D eigenvalue weighted by Gasteiger charge is 2.16. The van der Waals surface area contributed by atoms with Gasteiger partial charge in [-0.15, -0.1) is 6.58 Å². The molecule has 0 spiro atoms. The lowest BCUT2D eigenvalue weighted by Gasteiger charge is -2.23. The first kappa shape index (κ1) is 14.8. The second-order valence-electron chi connectivity index (χ2n) is 5.76. The lowest BCUT2D eigenvalue weighted by Crippen LogP contribution is -2.35. The number of oxazole rings is 1. The summed E-state index contributed by atoms with van der Waals surface area (Å²) < 4.78 is 5.53. The van der Waals surface area contributed by atoms with E-state index in [4.69, 9.17) is 4.42 Å². The van der Waals surface area contributed by atoms with Crippen molar-refractivity contribution in [3.05, 3.63) is 24.6 Å². The van der Waals surface area contributed by atoms with Gasteiger partial charge in [0.2, 0.25) is 0 Å². The van der Waals surface area contributed by atoms with Crippen LogP contribution in [0, 0.1) is 0 Å². The quantitative estimate of drug-likeness (QED) is 0.789. The minimum atomic E-state index is 0.0813. The largest absolute Gasteiger partial charge is 0.432 e. The Hall–Kier alpha value is -1.29. The molecule has 0 atom stereocenters. The van der Waals surface area contributed by atoms with Gasteiger partial charge >= 0.3 is 0 Å². The number of aromatic nitrogens is 1. The predicted molar refractivity (Wildman–Crippen MR) is 75.8 cm³/mol. The van der Waals surface area contributed by atoms with Crippen LogP contribution in [0.1, 0.15) is 40.3 Å². The third-order valence-corrected chi connectivity index (χ3v) is 2.53. The van der Waals surface area contributed by atoms with Gasteiger partial charge in [0.15, 0.2) is 0 Å². The molecule has 4 nitrogen and oxygen atoms in total. The monoisotopic (exact) mass is 251 g/mol. The molecule has 0 amide bonds. The smallest absolute Gasteiger partial charge is 0.297 e. The van der Waals surface area contributed by atoms with E-state index in [2.05, 4.69) is 56.4 Å². The molecule has 0 unspecified atom stereocenters. The van der Waals surface area contributed by atoms with Crippen molar-refractivity contribution in [2.24, 2.45) is 0 Å². The molecule has 1 aromatic heterocycles. The fraction of sp³-hybridized carbons (Fsp3) is 0.643. The van der Waals surface area contributed by atoms with Crippen LogP contribution in [0.4, 0.5) is 6.01 Å². The highest BCUT2D eigenvalue weighted by molar-refractivity contribution is 5.29. The first-order valence-corrected chi connectivity index (χ1v) is 6.40. The van der Waals surface area contributed by atoms with Gasteiger partial charge in [0.05, 0.1) is 5.69 Å². The normalized spacial score (nSPS) is 11.9. The summed E-state index contributed by atoms with van der Waals surface area (Å²) in [6, 6.07) is 1.00. The average Bonchev–Trinajstić information content (AvgIpc) is 2.70. The molecule has 0 aromatic carbocycles. The Kier molecular flexibility index (Phi) is 4.96. The summed E-state index contributed by atoms with van der Waals surface area (Å²) in [4.78, 5) is 6.58. The van der Waals surface area contributed by atoms with Gasteiger partial charge in [-0.3, -0.25) is 0 Å². The van der Waals surface area contributed by atoms with Gasteiger partial charge in [0.1, 0.15) is 6.26 Å². The molecule has 4 heteroatoms. The van der Waals surface area contributed by atoms with Crippen LogP contribution in [0.25, 0.3) is 0 Å². The van der Waals surface area contributed by atoms with Gasteiger partial charge in [-0.05, 0) is 34.6 Å². The summed E-state index contributed by atoms with van der Waals surface area (Å²) in [6.45, 7) is 15.8. The van der Waals surface area contributed by atoms with E-state index in [1.54, 1.807) is 6.26 Å². The number of nitrogens with zero attached hydrogens (tertiary/aromatic N) is 2. The Morgan fingerprint density at radius 1 is 1.50 bits per heavy atom.